The van der Waals surface area contributed by atoms with E-state index in [-0.39, 0.29) is 23.8 Å². The van der Waals surface area contributed by atoms with E-state index in [9.17, 15) is 10.1 Å². The lowest BCUT2D eigenvalue weighted by Gasteiger charge is -2.31. The first-order chi connectivity index (χ1) is 15.1. The van der Waals surface area contributed by atoms with Crippen LogP contribution in [0.5, 0.6) is 0 Å². The zero-order chi connectivity index (χ0) is 21.8. The molecule has 3 aromatic heterocycles. The van der Waals surface area contributed by atoms with Crippen LogP contribution in [-0.4, -0.2) is 59.0 Å². The van der Waals surface area contributed by atoms with Crippen LogP contribution < -0.4 is 0 Å². The average Bonchev–Trinajstić information content (AvgIpc) is 3.41. The van der Waals surface area contributed by atoms with Gasteiger partial charge in [0, 0.05) is 38.9 Å². The van der Waals surface area contributed by atoms with Crippen LogP contribution in [0.4, 0.5) is 4.79 Å². The highest BCUT2D eigenvalue weighted by molar-refractivity contribution is 5.85. The molecular weight excluding hydrogens is 402 g/mol. The number of fused-ring (bicyclic) bond motifs is 1. The Labute approximate surface area is 178 Å². The molecule has 1 atom stereocenters. The van der Waals surface area contributed by atoms with Gasteiger partial charge in [-0.25, -0.2) is 9.78 Å². The molecule has 1 aliphatic rings. The molecule has 3 aromatic rings. The van der Waals surface area contributed by atoms with E-state index < -0.39 is 0 Å². The van der Waals surface area contributed by atoms with Gasteiger partial charge in [0.2, 0.25) is 0 Å². The van der Waals surface area contributed by atoms with Gasteiger partial charge in [-0.1, -0.05) is 5.16 Å². The maximum Gasteiger partial charge on any atom is 0.410 e. The number of nitrogens with zero attached hydrogens (tertiary/aromatic N) is 5. The highest BCUT2D eigenvalue weighted by Gasteiger charge is 2.26. The SMILES string of the molecule is COCC(C)OC(=O)N1CCC(Cc2noc(-c3cc4c(C#N)nccc4o3)n2)CC1. The number of hydrogen-bond acceptors (Lipinski definition) is 9. The Kier molecular flexibility index (Phi) is 6.13. The van der Waals surface area contributed by atoms with Gasteiger partial charge in [-0.3, -0.25) is 0 Å². The minimum atomic E-state index is -0.305. The van der Waals surface area contributed by atoms with E-state index in [4.69, 9.17) is 18.4 Å². The van der Waals surface area contributed by atoms with Crippen LogP contribution in [-0.2, 0) is 15.9 Å². The number of methoxy groups -OCH3 is 1. The minimum absolute atomic E-state index is 0.267. The minimum Gasteiger partial charge on any atom is -0.451 e. The number of carbonyl (C=O) groups excluding carboxylic acids is 1. The standard InChI is InChI=1S/C21H23N5O5/c1-13(12-28-2)29-21(27)26-7-4-14(5-8-26)9-19-24-20(31-25-19)18-10-15-16(11-22)23-6-3-17(15)30-18/h3,6,10,13-14H,4-5,7-9,12H2,1-2H3. The van der Waals surface area contributed by atoms with Gasteiger partial charge in [0.1, 0.15) is 17.8 Å². The van der Waals surface area contributed by atoms with Gasteiger partial charge in [0.25, 0.3) is 5.89 Å². The lowest BCUT2D eigenvalue weighted by atomic mass is 9.93. The zero-order valence-corrected chi connectivity index (χ0v) is 17.4. The summed E-state index contributed by atoms with van der Waals surface area (Å²) in [5.41, 5.74) is 0.828. The predicted molar refractivity (Wildman–Crippen MR) is 108 cm³/mol. The molecular formula is C21H23N5O5. The lowest BCUT2D eigenvalue weighted by molar-refractivity contribution is 0.0229. The first-order valence-electron chi connectivity index (χ1n) is 10.1. The van der Waals surface area contributed by atoms with Crippen LogP contribution in [0.25, 0.3) is 22.6 Å². The fraction of sp³-hybridized carbons (Fsp3) is 0.476. The molecule has 1 saturated heterocycles. The predicted octanol–water partition coefficient (Wildman–Crippen LogP) is 3.18. The Morgan fingerprint density at radius 2 is 2.23 bits per heavy atom. The fourth-order valence-corrected chi connectivity index (χ4v) is 3.69. The molecule has 1 amide bonds. The summed E-state index contributed by atoms with van der Waals surface area (Å²) in [6.07, 6.45) is 3.26. The summed E-state index contributed by atoms with van der Waals surface area (Å²) < 4.78 is 21.5. The number of aromatic nitrogens is 3. The highest BCUT2D eigenvalue weighted by Crippen LogP contribution is 2.29. The molecule has 1 fully saturated rings. The van der Waals surface area contributed by atoms with Crippen molar-refractivity contribution in [2.75, 3.05) is 26.8 Å². The monoisotopic (exact) mass is 425 g/mol. The second kappa shape index (κ2) is 9.14. The molecule has 0 aliphatic carbocycles. The van der Waals surface area contributed by atoms with Gasteiger partial charge in [-0.15, -0.1) is 0 Å². The molecule has 10 heteroatoms. The molecule has 162 valence electrons. The van der Waals surface area contributed by atoms with Gasteiger partial charge in [0.15, 0.2) is 17.3 Å². The van der Waals surface area contributed by atoms with Crippen molar-refractivity contribution >= 4 is 17.1 Å². The van der Waals surface area contributed by atoms with Crippen molar-refractivity contribution in [2.24, 2.45) is 5.92 Å². The topological polar surface area (TPSA) is 128 Å². The molecule has 1 unspecified atom stereocenters. The molecule has 0 spiro atoms. The third-order valence-corrected chi connectivity index (χ3v) is 5.28. The van der Waals surface area contributed by atoms with Crippen LogP contribution in [0.2, 0.25) is 0 Å². The number of ether oxygens (including phenoxy) is 2. The Bertz CT molecular complexity index is 1090. The number of piperidine rings is 1. The van der Waals surface area contributed by atoms with Gasteiger partial charge in [-0.05, 0) is 31.7 Å². The highest BCUT2D eigenvalue weighted by atomic mass is 16.6. The largest absolute Gasteiger partial charge is 0.451 e. The van der Waals surface area contributed by atoms with E-state index in [0.29, 0.717) is 54.6 Å². The number of furan rings is 1. The fourth-order valence-electron chi connectivity index (χ4n) is 3.69. The van der Waals surface area contributed by atoms with Crippen LogP contribution in [0.3, 0.4) is 0 Å². The molecule has 4 heterocycles. The van der Waals surface area contributed by atoms with Crippen molar-refractivity contribution in [3.63, 3.8) is 0 Å². The van der Waals surface area contributed by atoms with Crippen LogP contribution >= 0.6 is 0 Å². The van der Waals surface area contributed by atoms with Crippen molar-refractivity contribution in [2.45, 2.75) is 32.3 Å². The maximum atomic E-state index is 12.2. The van der Waals surface area contributed by atoms with Crippen molar-refractivity contribution in [3.05, 3.63) is 29.8 Å². The van der Waals surface area contributed by atoms with Crippen LogP contribution in [0.1, 0.15) is 31.3 Å². The molecule has 31 heavy (non-hydrogen) atoms. The number of rotatable bonds is 6. The van der Waals surface area contributed by atoms with Gasteiger partial charge >= 0.3 is 6.09 Å². The first-order valence-corrected chi connectivity index (χ1v) is 10.1. The average molecular weight is 425 g/mol. The second-order valence-electron chi connectivity index (χ2n) is 7.59. The number of carbonyl (C=O) groups is 1. The number of hydrogen-bond donors (Lipinski definition) is 0. The van der Waals surface area contributed by atoms with Crippen LogP contribution in [0, 0.1) is 17.2 Å². The summed E-state index contributed by atoms with van der Waals surface area (Å²) in [7, 11) is 1.58. The Balaban J connectivity index is 1.34. The van der Waals surface area contributed by atoms with Gasteiger partial charge in [0.05, 0.1) is 12.0 Å². The quantitative estimate of drug-likeness (QED) is 0.585. The summed E-state index contributed by atoms with van der Waals surface area (Å²) in [6.45, 7) is 3.44. The summed E-state index contributed by atoms with van der Waals surface area (Å²) in [5.74, 6) is 1.60. The number of likely N-dealkylation sites (tertiary alicyclic amines) is 1. The smallest absolute Gasteiger partial charge is 0.410 e. The van der Waals surface area contributed by atoms with Gasteiger partial charge < -0.3 is 23.3 Å². The van der Waals surface area contributed by atoms with Crippen LogP contribution in [0.15, 0.2) is 27.3 Å². The van der Waals surface area contributed by atoms with E-state index in [1.54, 1.807) is 24.1 Å². The van der Waals surface area contributed by atoms with E-state index >= 15 is 0 Å². The third-order valence-electron chi connectivity index (χ3n) is 5.28. The molecule has 4 rings (SSSR count). The molecule has 0 saturated carbocycles. The lowest BCUT2D eigenvalue weighted by Crippen LogP contribution is -2.40. The summed E-state index contributed by atoms with van der Waals surface area (Å²) >= 11 is 0. The molecule has 0 radical (unpaired) electrons. The summed E-state index contributed by atoms with van der Waals surface area (Å²) in [5, 5.41) is 13.9. The molecule has 0 aromatic carbocycles. The van der Waals surface area contributed by atoms with Crippen molar-refractivity contribution < 1.29 is 23.2 Å². The molecule has 0 bridgehead atoms. The molecule has 0 N–H and O–H groups in total. The second-order valence-corrected chi connectivity index (χ2v) is 7.59. The summed E-state index contributed by atoms with van der Waals surface area (Å²) in [6, 6.07) is 5.41. The Hall–Kier alpha value is -3.45. The molecule has 1 aliphatic heterocycles. The summed E-state index contributed by atoms with van der Waals surface area (Å²) in [4.78, 5) is 22.4. The molecule has 10 nitrogen and oxygen atoms in total. The maximum absolute atomic E-state index is 12.2. The van der Waals surface area contributed by atoms with E-state index in [2.05, 4.69) is 15.1 Å². The van der Waals surface area contributed by atoms with Crippen molar-refractivity contribution in [3.8, 4) is 17.7 Å². The first kappa shape index (κ1) is 20.8. The number of pyridine rings is 1. The zero-order valence-electron chi connectivity index (χ0n) is 17.4. The van der Waals surface area contributed by atoms with Crippen molar-refractivity contribution in [1.82, 2.24) is 20.0 Å². The number of amides is 1. The third kappa shape index (κ3) is 4.67. The van der Waals surface area contributed by atoms with E-state index in [0.717, 1.165) is 12.8 Å². The van der Waals surface area contributed by atoms with Gasteiger partial charge in [-0.2, -0.15) is 10.2 Å². The number of nitriles is 1. The Morgan fingerprint density at radius 1 is 1.42 bits per heavy atom. The van der Waals surface area contributed by atoms with Crippen molar-refractivity contribution in [1.29, 1.82) is 5.26 Å². The normalized spacial score (nSPS) is 15.7. The van der Waals surface area contributed by atoms with E-state index in [1.165, 1.54) is 6.20 Å². The van der Waals surface area contributed by atoms with E-state index in [1.807, 2.05) is 13.0 Å². The Morgan fingerprint density at radius 3 is 2.97 bits per heavy atom.